The largest absolute Gasteiger partial charge is 0.392 e. The van der Waals surface area contributed by atoms with Crippen molar-refractivity contribution in [1.82, 2.24) is 15.0 Å². The quantitative estimate of drug-likeness (QED) is 0.526. The number of nitrogens with one attached hydrogen (secondary N) is 3. The molecule has 0 amide bonds. The van der Waals surface area contributed by atoms with E-state index in [1.165, 1.54) is 11.6 Å². The number of hydrogen-bond donors (Lipinski definition) is 4. The number of hydrogen-bond acceptors (Lipinski definition) is 6. The minimum Gasteiger partial charge on any atom is -0.392 e. The Labute approximate surface area is 163 Å². The zero-order valence-electron chi connectivity index (χ0n) is 16.0. The highest BCUT2D eigenvalue weighted by atomic mass is 16.3. The van der Waals surface area contributed by atoms with Gasteiger partial charge < -0.3 is 20.7 Å². The van der Waals surface area contributed by atoms with Gasteiger partial charge in [0.1, 0.15) is 17.5 Å². The highest BCUT2D eigenvalue weighted by Crippen LogP contribution is 2.42. The first kappa shape index (κ1) is 18.3. The van der Waals surface area contributed by atoms with Crippen LogP contribution in [0.15, 0.2) is 36.5 Å². The Morgan fingerprint density at radius 1 is 1.36 bits per heavy atom. The minimum atomic E-state index is -0.341. The van der Waals surface area contributed by atoms with Gasteiger partial charge in [0.05, 0.1) is 12.3 Å². The summed E-state index contributed by atoms with van der Waals surface area (Å²) in [6, 6.07) is 12.5. The lowest BCUT2D eigenvalue weighted by molar-refractivity contribution is -0.0511. The fourth-order valence-electron chi connectivity index (χ4n) is 3.55. The van der Waals surface area contributed by atoms with Crippen molar-refractivity contribution in [2.24, 2.45) is 5.41 Å². The standard InChI is InChI=1S/C21H24N6O/c1-21(2)17(10-18(21)28)26-19-14(11-22)12-24-20(27-19)23-8-7-15-9-13-5-3-4-6-16(13)25-15/h3-6,9,12,17-18,25,28H,7-8,10H2,1-2H3,(H2,23,24,26,27)/t17-,18+/m1/s1. The molecule has 144 valence electrons. The molecule has 1 fully saturated rings. The molecule has 0 aliphatic heterocycles. The van der Waals surface area contributed by atoms with Crippen molar-refractivity contribution in [3.63, 3.8) is 0 Å². The van der Waals surface area contributed by atoms with Crippen molar-refractivity contribution in [2.45, 2.75) is 38.8 Å². The van der Waals surface area contributed by atoms with Gasteiger partial charge in [-0.25, -0.2) is 4.98 Å². The molecule has 3 aromatic rings. The molecule has 0 radical (unpaired) electrons. The first-order valence-electron chi connectivity index (χ1n) is 9.49. The maximum absolute atomic E-state index is 9.93. The Kier molecular flexibility index (Phi) is 4.65. The van der Waals surface area contributed by atoms with Crippen molar-refractivity contribution < 1.29 is 5.11 Å². The zero-order valence-corrected chi connectivity index (χ0v) is 16.0. The van der Waals surface area contributed by atoms with Gasteiger partial charge in [0, 0.05) is 35.6 Å². The summed E-state index contributed by atoms with van der Waals surface area (Å²) in [6.45, 7) is 4.68. The third-order valence-electron chi connectivity index (χ3n) is 5.70. The number of benzene rings is 1. The molecule has 4 rings (SSSR count). The molecule has 2 heterocycles. The lowest BCUT2D eigenvalue weighted by atomic mass is 9.64. The Hall–Kier alpha value is -3.11. The van der Waals surface area contributed by atoms with Gasteiger partial charge in [-0.2, -0.15) is 10.2 Å². The lowest BCUT2D eigenvalue weighted by Gasteiger charge is -2.49. The topological polar surface area (TPSA) is 110 Å². The number of aromatic amines is 1. The Balaban J connectivity index is 1.41. The molecule has 1 aliphatic rings. The van der Waals surface area contributed by atoms with Crippen LogP contribution in [0.4, 0.5) is 11.8 Å². The van der Waals surface area contributed by atoms with Crippen molar-refractivity contribution in [2.75, 3.05) is 17.2 Å². The fraction of sp³-hybridized carbons (Fsp3) is 0.381. The van der Waals surface area contributed by atoms with E-state index in [1.54, 1.807) is 0 Å². The van der Waals surface area contributed by atoms with E-state index in [1.807, 2.05) is 26.0 Å². The summed E-state index contributed by atoms with van der Waals surface area (Å²) in [5.74, 6) is 0.992. The molecule has 0 unspecified atom stereocenters. The first-order valence-corrected chi connectivity index (χ1v) is 9.49. The summed E-state index contributed by atoms with van der Waals surface area (Å²) in [5.41, 5.74) is 2.43. The van der Waals surface area contributed by atoms with Crippen molar-refractivity contribution >= 4 is 22.7 Å². The van der Waals surface area contributed by atoms with Crippen LogP contribution in [-0.2, 0) is 6.42 Å². The van der Waals surface area contributed by atoms with Gasteiger partial charge in [0.15, 0.2) is 0 Å². The average molecular weight is 376 g/mol. The van der Waals surface area contributed by atoms with Crippen LogP contribution in [0.5, 0.6) is 0 Å². The molecule has 7 nitrogen and oxygen atoms in total. The lowest BCUT2D eigenvalue weighted by Crippen LogP contribution is -2.57. The second-order valence-corrected chi connectivity index (χ2v) is 7.90. The van der Waals surface area contributed by atoms with Crippen LogP contribution in [0.2, 0.25) is 0 Å². The van der Waals surface area contributed by atoms with Crippen molar-refractivity contribution in [1.29, 1.82) is 5.26 Å². The fourth-order valence-corrected chi connectivity index (χ4v) is 3.55. The highest BCUT2D eigenvalue weighted by molar-refractivity contribution is 5.80. The number of rotatable bonds is 6. The van der Waals surface area contributed by atoms with E-state index in [4.69, 9.17) is 0 Å². The molecule has 1 saturated carbocycles. The van der Waals surface area contributed by atoms with Crippen LogP contribution in [0.3, 0.4) is 0 Å². The maximum atomic E-state index is 9.93. The van der Waals surface area contributed by atoms with E-state index in [0.717, 1.165) is 17.6 Å². The third-order valence-corrected chi connectivity index (χ3v) is 5.70. The van der Waals surface area contributed by atoms with Gasteiger partial charge in [-0.05, 0) is 23.9 Å². The summed E-state index contributed by atoms with van der Waals surface area (Å²) < 4.78 is 0. The van der Waals surface area contributed by atoms with Crippen LogP contribution in [0.1, 0.15) is 31.5 Å². The van der Waals surface area contributed by atoms with Gasteiger partial charge in [-0.15, -0.1) is 0 Å². The molecule has 4 N–H and O–H groups in total. The van der Waals surface area contributed by atoms with Crippen LogP contribution >= 0.6 is 0 Å². The molecule has 0 spiro atoms. The van der Waals surface area contributed by atoms with Crippen LogP contribution in [-0.4, -0.2) is 38.7 Å². The second-order valence-electron chi connectivity index (χ2n) is 7.90. The second kappa shape index (κ2) is 7.13. The number of aliphatic hydroxyl groups is 1. The normalized spacial score (nSPS) is 20.4. The highest BCUT2D eigenvalue weighted by Gasteiger charge is 2.47. The Bertz CT molecular complexity index is 1000. The van der Waals surface area contributed by atoms with Gasteiger partial charge in [-0.1, -0.05) is 32.0 Å². The molecular formula is C21H24N6O. The Morgan fingerprint density at radius 2 is 2.18 bits per heavy atom. The number of fused-ring (bicyclic) bond motifs is 1. The van der Waals surface area contributed by atoms with Gasteiger partial charge in [0.25, 0.3) is 0 Å². The molecule has 28 heavy (non-hydrogen) atoms. The van der Waals surface area contributed by atoms with Crippen LogP contribution < -0.4 is 10.6 Å². The molecular weight excluding hydrogens is 352 g/mol. The van der Waals surface area contributed by atoms with Gasteiger partial charge in [0.2, 0.25) is 5.95 Å². The number of para-hydroxylation sites is 1. The van der Waals surface area contributed by atoms with E-state index in [9.17, 15) is 10.4 Å². The third kappa shape index (κ3) is 3.39. The number of nitrogens with zero attached hydrogens (tertiary/aromatic N) is 3. The minimum absolute atomic E-state index is 0.0729. The first-order chi connectivity index (χ1) is 13.5. The van der Waals surface area contributed by atoms with Gasteiger partial charge >= 0.3 is 0 Å². The number of aliphatic hydroxyl groups excluding tert-OH is 1. The number of nitriles is 1. The van der Waals surface area contributed by atoms with Crippen molar-refractivity contribution in [3.8, 4) is 6.07 Å². The summed E-state index contributed by atoms with van der Waals surface area (Å²) in [6.07, 6.45) is 2.64. The van der Waals surface area contributed by atoms with E-state index in [2.05, 4.69) is 49.9 Å². The summed E-state index contributed by atoms with van der Waals surface area (Å²) >= 11 is 0. The van der Waals surface area contributed by atoms with E-state index < -0.39 is 0 Å². The molecule has 0 saturated heterocycles. The molecule has 2 atom stereocenters. The van der Waals surface area contributed by atoms with E-state index in [0.29, 0.717) is 30.3 Å². The monoisotopic (exact) mass is 376 g/mol. The smallest absolute Gasteiger partial charge is 0.224 e. The predicted octanol–water partition coefficient (Wildman–Crippen LogP) is 3.06. The summed E-state index contributed by atoms with van der Waals surface area (Å²) in [7, 11) is 0. The molecule has 1 aliphatic carbocycles. The van der Waals surface area contributed by atoms with Crippen LogP contribution in [0.25, 0.3) is 10.9 Å². The predicted molar refractivity (Wildman–Crippen MR) is 109 cm³/mol. The van der Waals surface area contributed by atoms with Gasteiger partial charge in [-0.3, -0.25) is 0 Å². The molecule has 2 aromatic heterocycles. The van der Waals surface area contributed by atoms with Crippen LogP contribution in [0, 0.1) is 16.7 Å². The SMILES string of the molecule is CC1(C)[C@@H](O)C[C@H]1Nc1nc(NCCc2cc3ccccc3[nH]2)ncc1C#N. The molecule has 1 aromatic carbocycles. The summed E-state index contributed by atoms with van der Waals surface area (Å²) in [5, 5.41) is 27.0. The Morgan fingerprint density at radius 3 is 2.89 bits per heavy atom. The molecule has 7 heteroatoms. The average Bonchev–Trinajstić information content (AvgIpc) is 3.11. The molecule has 0 bridgehead atoms. The number of anilines is 2. The van der Waals surface area contributed by atoms with E-state index in [-0.39, 0.29) is 17.6 Å². The zero-order chi connectivity index (χ0) is 19.7. The van der Waals surface area contributed by atoms with Crippen molar-refractivity contribution in [3.05, 3.63) is 47.8 Å². The number of aromatic nitrogens is 3. The summed E-state index contributed by atoms with van der Waals surface area (Å²) in [4.78, 5) is 12.1. The number of H-pyrrole nitrogens is 1. The maximum Gasteiger partial charge on any atom is 0.224 e. The van der Waals surface area contributed by atoms with E-state index >= 15 is 0 Å².